The van der Waals surface area contributed by atoms with Crippen LogP contribution in [0.3, 0.4) is 0 Å². The van der Waals surface area contributed by atoms with Crippen LogP contribution in [0.4, 0.5) is 14.5 Å². The van der Waals surface area contributed by atoms with Crippen molar-refractivity contribution in [2.24, 2.45) is 0 Å². The maximum absolute atomic E-state index is 13.7. The van der Waals surface area contributed by atoms with Gasteiger partial charge in [-0.15, -0.1) is 0 Å². The molecule has 0 fully saturated rings. The first-order valence-corrected chi connectivity index (χ1v) is 8.88. The highest BCUT2D eigenvalue weighted by Crippen LogP contribution is 2.19. The molecule has 0 bridgehead atoms. The molecule has 0 spiro atoms. The number of nitrogens with one attached hydrogen (secondary N) is 2. The highest BCUT2D eigenvalue weighted by molar-refractivity contribution is 7.92. The van der Waals surface area contributed by atoms with E-state index >= 15 is 0 Å². The third-order valence-electron chi connectivity index (χ3n) is 3.20. The van der Waals surface area contributed by atoms with Crippen molar-refractivity contribution in [2.45, 2.75) is 13.0 Å². The Labute approximate surface area is 138 Å². The van der Waals surface area contributed by atoms with Gasteiger partial charge in [0.15, 0.2) is 0 Å². The summed E-state index contributed by atoms with van der Waals surface area (Å²) in [5.41, 5.74) is 0.596. The number of amides is 1. The van der Waals surface area contributed by atoms with Crippen LogP contribution >= 0.6 is 0 Å². The average molecular weight is 354 g/mol. The highest BCUT2D eigenvalue weighted by Gasteiger charge is 2.16. The lowest BCUT2D eigenvalue weighted by Crippen LogP contribution is -2.27. The van der Waals surface area contributed by atoms with E-state index in [1.807, 2.05) is 0 Å². The van der Waals surface area contributed by atoms with Gasteiger partial charge in [-0.1, -0.05) is 12.1 Å². The van der Waals surface area contributed by atoms with Crippen LogP contribution in [0, 0.1) is 11.6 Å². The first kappa shape index (κ1) is 17.9. The molecule has 5 nitrogen and oxygen atoms in total. The second-order valence-electron chi connectivity index (χ2n) is 5.32. The van der Waals surface area contributed by atoms with Gasteiger partial charge in [0, 0.05) is 22.9 Å². The molecule has 1 atom stereocenters. The maximum Gasteiger partial charge on any atom is 0.251 e. The number of sulfonamides is 1. The molecule has 0 aromatic heterocycles. The number of carbonyl (C=O) groups is 1. The van der Waals surface area contributed by atoms with Crippen molar-refractivity contribution >= 4 is 21.6 Å². The molecule has 2 N–H and O–H groups in total. The Kier molecular flexibility index (Phi) is 5.18. The summed E-state index contributed by atoms with van der Waals surface area (Å²) in [4.78, 5) is 12.2. The van der Waals surface area contributed by atoms with Crippen molar-refractivity contribution in [1.29, 1.82) is 0 Å². The van der Waals surface area contributed by atoms with Crippen LogP contribution < -0.4 is 10.0 Å². The molecule has 2 aromatic rings. The van der Waals surface area contributed by atoms with E-state index in [4.69, 9.17) is 0 Å². The predicted molar refractivity (Wildman–Crippen MR) is 87.1 cm³/mol. The van der Waals surface area contributed by atoms with E-state index < -0.39 is 33.6 Å². The van der Waals surface area contributed by atoms with Gasteiger partial charge in [-0.2, -0.15) is 0 Å². The Morgan fingerprint density at radius 3 is 2.46 bits per heavy atom. The van der Waals surface area contributed by atoms with E-state index in [0.717, 1.165) is 18.4 Å². The summed E-state index contributed by atoms with van der Waals surface area (Å²) in [6.07, 6.45) is 0.999. The minimum atomic E-state index is -3.46. The van der Waals surface area contributed by atoms with Crippen molar-refractivity contribution in [2.75, 3.05) is 11.0 Å². The van der Waals surface area contributed by atoms with Gasteiger partial charge < -0.3 is 5.32 Å². The Hall–Kier alpha value is -2.48. The van der Waals surface area contributed by atoms with Gasteiger partial charge >= 0.3 is 0 Å². The van der Waals surface area contributed by atoms with Crippen LogP contribution in [0.25, 0.3) is 0 Å². The molecule has 24 heavy (non-hydrogen) atoms. The van der Waals surface area contributed by atoms with Crippen LogP contribution in [0.2, 0.25) is 0 Å². The molecule has 0 aliphatic heterocycles. The molecule has 0 unspecified atom stereocenters. The molecule has 0 aliphatic carbocycles. The summed E-state index contributed by atoms with van der Waals surface area (Å²) < 4.78 is 51.4. The third kappa shape index (κ3) is 4.76. The summed E-state index contributed by atoms with van der Waals surface area (Å²) in [6, 6.07) is 8.31. The Morgan fingerprint density at radius 1 is 1.12 bits per heavy atom. The summed E-state index contributed by atoms with van der Waals surface area (Å²) in [6.45, 7) is 1.56. The third-order valence-corrected chi connectivity index (χ3v) is 3.81. The monoisotopic (exact) mass is 354 g/mol. The summed E-state index contributed by atoms with van der Waals surface area (Å²) >= 11 is 0. The van der Waals surface area contributed by atoms with Crippen LogP contribution in [0.1, 0.15) is 28.9 Å². The fraction of sp³-hybridized carbons (Fsp3) is 0.188. The lowest BCUT2D eigenvalue weighted by atomic mass is 10.1. The highest BCUT2D eigenvalue weighted by atomic mass is 32.2. The number of hydrogen-bond acceptors (Lipinski definition) is 3. The zero-order chi connectivity index (χ0) is 17.9. The van der Waals surface area contributed by atoms with Gasteiger partial charge in [0.1, 0.15) is 11.6 Å². The Balaban J connectivity index is 2.16. The Morgan fingerprint density at radius 2 is 1.83 bits per heavy atom. The van der Waals surface area contributed by atoms with E-state index in [-0.39, 0.29) is 16.8 Å². The van der Waals surface area contributed by atoms with E-state index in [1.54, 1.807) is 6.92 Å². The van der Waals surface area contributed by atoms with E-state index in [9.17, 15) is 22.0 Å². The van der Waals surface area contributed by atoms with Gasteiger partial charge in [0.2, 0.25) is 10.0 Å². The van der Waals surface area contributed by atoms with Crippen LogP contribution in [-0.4, -0.2) is 20.6 Å². The molecule has 0 saturated heterocycles. The quantitative estimate of drug-likeness (QED) is 0.867. The smallest absolute Gasteiger partial charge is 0.251 e. The molecule has 0 saturated carbocycles. The fourth-order valence-electron chi connectivity index (χ4n) is 2.15. The van der Waals surface area contributed by atoms with Crippen molar-refractivity contribution in [1.82, 2.24) is 5.32 Å². The minimum Gasteiger partial charge on any atom is -0.345 e. The molecule has 2 aromatic carbocycles. The number of hydrogen-bond donors (Lipinski definition) is 2. The van der Waals surface area contributed by atoms with Gasteiger partial charge in [-0.05, 0) is 31.2 Å². The minimum absolute atomic E-state index is 0.148. The zero-order valence-corrected chi connectivity index (χ0v) is 13.8. The Bertz CT molecular complexity index is 869. The summed E-state index contributed by atoms with van der Waals surface area (Å²) in [7, 11) is -3.46. The van der Waals surface area contributed by atoms with Gasteiger partial charge in [0.05, 0.1) is 12.3 Å². The lowest BCUT2D eigenvalue weighted by molar-refractivity contribution is 0.0939. The van der Waals surface area contributed by atoms with Crippen LogP contribution in [0.5, 0.6) is 0 Å². The largest absolute Gasteiger partial charge is 0.345 e. The van der Waals surface area contributed by atoms with Crippen molar-refractivity contribution in [3.8, 4) is 0 Å². The summed E-state index contributed by atoms with van der Waals surface area (Å²) in [5.74, 6) is -1.96. The number of benzene rings is 2. The molecule has 8 heteroatoms. The maximum atomic E-state index is 13.7. The zero-order valence-electron chi connectivity index (χ0n) is 13.0. The van der Waals surface area contributed by atoms with Crippen LogP contribution in [-0.2, 0) is 10.0 Å². The van der Waals surface area contributed by atoms with E-state index in [1.165, 1.54) is 30.3 Å². The topological polar surface area (TPSA) is 75.3 Å². The van der Waals surface area contributed by atoms with Crippen molar-refractivity contribution in [3.05, 3.63) is 65.2 Å². The molecule has 0 heterocycles. The molecule has 128 valence electrons. The average Bonchev–Trinajstić information content (AvgIpc) is 2.45. The number of rotatable bonds is 5. The second kappa shape index (κ2) is 6.96. The SMILES string of the molecule is C[C@@H](NC(=O)c1cccc(NS(C)(=O)=O)c1)c1ccc(F)cc1F. The molecule has 0 radical (unpaired) electrons. The van der Waals surface area contributed by atoms with E-state index in [2.05, 4.69) is 10.0 Å². The van der Waals surface area contributed by atoms with Gasteiger partial charge in [-0.3, -0.25) is 9.52 Å². The van der Waals surface area contributed by atoms with Crippen molar-refractivity contribution in [3.63, 3.8) is 0 Å². The second-order valence-corrected chi connectivity index (χ2v) is 7.06. The summed E-state index contributed by atoms with van der Waals surface area (Å²) in [5, 5.41) is 2.58. The molecule has 2 rings (SSSR count). The normalized spacial score (nSPS) is 12.5. The molecule has 1 amide bonds. The molecular formula is C16H16F2N2O3S. The fourth-order valence-corrected chi connectivity index (χ4v) is 2.70. The lowest BCUT2D eigenvalue weighted by Gasteiger charge is -2.15. The van der Waals surface area contributed by atoms with Crippen LogP contribution in [0.15, 0.2) is 42.5 Å². The van der Waals surface area contributed by atoms with Gasteiger partial charge in [0.25, 0.3) is 5.91 Å². The van der Waals surface area contributed by atoms with E-state index in [0.29, 0.717) is 0 Å². The standard InChI is InChI=1S/C16H16F2N2O3S/c1-10(14-7-6-12(17)9-15(14)18)19-16(21)11-4-3-5-13(8-11)20-24(2,22)23/h3-10,20H,1-2H3,(H,19,21)/t10-/m1/s1. The van der Waals surface area contributed by atoms with Gasteiger partial charge in [-0.25, -0.2) is 17.2 Å². The molecule has 0 aliphatic rings. The number of halogens is 2. The first-order valence-electron chi connectivity index (χ1n) is 6.99. The number of anilines is 1. The number of carbonyl (C=O) groups excluding carboxylic acids is 1. The van der Waals surface area contributed by atoms with Crippen molar-refractivity contribution < 1.29 is 22.0 Å². The molecular weight excluding hydrogens is 338 g/mol. The predicted octanol–water partition coefficient (Wildman–Crippen LogP) is 2.83. The first-order chi connectivity index (χ1) is 11.2.